The van der Waals surface area contributed by atoms with E-state index in [0.29, 0.717) is 0 Å². The summed E-state index contributed by atoms with van der Waals surface area (Å²) in [5.74, 6) is 0. The maximum Gasteiger partial charge on any atom is 0.115 e. The molecule has 0 nitrogen and oxygen atoms in total. The van der Waals surface area contributed by atoms with Crippen LogP contribution in [0.4, 0.5) is 0 Å². The normalized spacial score (nSPS) is 11.8. The standard InChI is InChI=1S/C16H24Si/c1-3-5-8-12-15(11-6-4-2)17-16-13-9-7-10-14-16/h7,9-10,12-14H,3-6,8,11H2,1-2H3/b15-12+. The van der Waals surface area contributed by atoms with Gasteiger partial charge >= 0.3 is 0 Å². The monoisotopic (exact) mass is 244 g/mol. The van der Waals surface area contributed by atoms with Crippen LogP contribution in [0, 0.1) is 0 Å². The molecule has 0 aromatic heterocycles. The maximum absolute atomic E-state index is 2.49. The predicted octanol–water partition coefficient (Wildman–Crippen LogP) is 4.28. The quantitative estimate of drug-likeness (QED) is 0.473. The molecular formula is C16H24Si. The molecule has 1 heteroatoms. The summed E-state index contributed by atoms with van der Waals surface area (Å²) in [6, 6.07) is 10.9. The van der Waals surface area contributed by atoms with E-state index in [0.717, 1.165) is 9.52 Å². The van der Waals surface area contributed by atoms with E-state index in [4.69, 9.17) is 0 Å². The van der Waals surface area contributed by atoms with E-state index in [2.05, 4.69) is 50.3 Å². The second-order valence-corrected chi connectivity index (χ2v) is 5.94. The minimum Gasteiger partial charge on any atom is -0.0893 e. The molecule has 0 bridgehead atoms. The predicted molar refractivity (Wildman–Crippen MR) is 79.0 cm³/mol. The highest BCUT2D eigenvalue weighted by Crippen LogP contribution is 2.09. The lowest BCUT2D eigenvalue weighted by molar-refractivity contribution is 0.786. The highest BCUT2D eigenvalue weighted by molar-refractivity contribution is 6.60. The van der Waals surface area contributed by atoms with Crippen LogP contribution in [0.15, 0.2) is 41.6 Å². The smallest absolute Gasteiger partial charge is 0.0893 e. The Balaban J connectivity index is 2.53. The van der Waals surface area contributed by atoms with Crippen molar-refractivity contribution in [1.82, 2.24) is 0 Å². The Labute approximate surface area is 109 Å². The van der Waals surface area contributed by atoms with Gasteiger partial charge < -0.3 is 0 Å². The molecule has 2 radical (unpaired) electrons. The number of allylic oxidation sites excluding steroid dienone is 2. The van der Waals surface area contributed by atoms with Crippen LogP contribution in [-0.4, -0.2) is 9.52 Å². The van der Waals surface area contributed by atoms with Gasteiger partial charge in [0.15, 0.2) is 0 Å². The van der Waals surface area contributed by atoms with Crippen LogP contribution in [0.5, 0.6) is 0 Å². The third-order valence-electron chi connectivity index (χ3n) is 2.83. The zero-order valence-electron chi connectivity index (χ0n) is 11.2. The lowest BCUT2D eigenvalue weighted by Crippen LogP contribution is -2.16. The van der Waals surface area contributed by atoms with Gasteiger partial charge in [-0.3, -0.25) is 0 Å². The summed E-state index contributed by atoms with van der Waals surface area (Å²) in [6.45, 7) is 4.54. The van der Waals surface area contributed by atoms with Gasteiger partial charge in [0.1, 0.15) is 9.52 Å². The molecule has 0 spiro atoms. The number of hydrogen-bond acceptors (Lipinski definition) is 0. The molecule has 0 fully saturated rings. The Bertz CT molecular complexity index is 314. The van der Waals surface area contributed by atoms with E-state index in [1.165, 1.54) is 43.7 Å². The second kappa shape index (κ2) is 9.23. The van der Waals surface area contributed by atoms with Gasteiger partial charge in [-0.05, 0) is 12.8 Å². The molecule has 0 aliphatic heterocycles. The van der Waals surface area contributed by atoms with Crippen molar-refractivity contribution in [1.29, 1.82) is 0 Å². The maximum atomic E-state index is 2.49. The Kier molecular flexibility index (Phi) is 7.73. The Morgan fingerprint density at radius 3 is 2.41 bits per heavy atom. The van der Waals surface area contributed by atoms with Crippen molar-refractivity contribution < 1.29 is 0 Å². The van der Waals surface area contributed by atoms with Crippen molar-refractivity contribution in [3.63, 3.8) is 0 Å². The third kappa shape index (κ3) is 6.47. The van der Waals surface area contributed by atoms with Gasteiger partial charge in [0.05, 0.1) is 0 Å². The summed E-state index contributed by atoms with van der Waals surface area (Å²) < 4.78 is 0. The fourth-order valence-corrected chi connectivity index (χ4v) is 3.05. The van der Waals surface area contributed by atoms with Crippen molar-refractivity contribution >= 4 is 14.7 Å². The molecule has 92 valence electrons. The molecule has 0 aliphatic carbocycles. The van der Waals surface area contributed by atoms with Gasteiger partial charge in [-0.2, -0.15) is 0 Å². The molecule has 0 amide bonds. The Morgan fingerprint density at radius 2 is 1.76 bits per heavy atom. The molecular weight excluding hydrogens is 220 g/mol. The van der Waals surface area contributed by atoms with E-state index in [-0.39, 0.29) is 0 Å². The lowest BCUT2D eigenvalue weighted by Gasteiger charge is -2.06. The average molecular weight is 244 g/mol. The first-order valence-corrected chi connectivity index (χ1v) is 7.88. The molecule has 0 aliphatic rings. The SMILES string of the molecule is CCCC/C=C(\CCCC)[Si]c1ccccc1. The summed E-state index contributed by atoms with van der Waals surface area (Å²) in [7, 11) is 0.878. The first-order chi connectivity index (χ1) is 8.36. The highest BCUT2D eigenvalue weighted by Gasteiger charge is 2.01. The zero-order chi connectivity index (χ0) is 12.3. The summed E-state index contributed by atoms with van der Waals surface area (Å²) in [5, 5.41) is 3.14. The van der Waals surface area contributed by atoms with E-state index in [1.54, 1.807) is 5.20 Å². The molecule has 17 heavy (non-hydrogen) atoms. The molecule has 0 heterocycles. The molecule has 1 rings (SSSR count). The van der Waals surface area contributed by atoms with E-state index in [9.17, 15) is 0 Å². The van der Waals surface area contributed by atoms with Crippen molar-refractivity contribution in [2.75, 3.05) is 0 Å². The fraction of sp³-hybridized carbons (Fsp3) is 0.500. The number of rotatable bonds is 8. The Hall–Kier alpha value is -0.823. The second-order valence-electron chi connectivity index (χ2n) is 4.47. The average Bonchev–Trinajstić information content (AvgIpc) is 2.37. The lowest BCUT2D eigenvalue weighted by atomic mass is 10.2. The molecule has 0 unspecified atom stereocenters. The largest absolute Gasteiger partial charge is 0.115 e. The first kappa shape index (κ1) is 14.2. The summed E-state index contributed by atoms with van der Waals surface area (Å²) in [6.07, 6.45) is 10.3. The molecule has 0 saturated carbocycles. The third-order valence-corrected chi connectivity index (χ3v) is 4.22. The summed E-state index contributed by atoms with van der Waals surface area (Å²) in [4.78, 5) is 0. The van der Waals surface area contributed by atoms with Gasteiger partial charge in [0, 0.05) is 0 Å². The van der Waals surface area contributed by atoms with Crippen LogP contribution >= 0.6 is 0 Å². The van der Waals surface area contributed by atoms with Gasteiger partial charge in [0.25, 0.3) is 0 Å². The van der Waals surface area contributed by atoms with Gasteiger partial charge in [-0.25, -0.2) is 0 Å². The number of unbranched alkanes of at least 4 members (excludes halogenated alkanes) is 3. The van der Waals surface area contributed by atoms with Crippen molar-refractivity contribution in [3.05, 3.63) is 41.6 Å². The van der Waals surface area contributed by atoms with Crippen molar-refractivity contribution in [3.8, 4) is 0 Å². The van der Waals surface area contributed by atoms with Crippen molar-refractivity contribution in [2.45, 2.75) is 52.4 Å². The van der Waals surface area contributed by atoms with Crippen LogP contribution < -0.4 is 5.19 Å². The van der Waals surface area contributed by atoms with E-state index >= 15 is 0 Å². The molecule has 0 saturated heterocycles. The zero-order valence-corrected chi connectivity index (χ0v) is 12.2. The highest BCUT2D eigenvalue weighted by atomic mass is 28.2. The van der Waals surface area contributed by atoms with Crippen LogP contribution in [0.2, 0.25) is 0 Å². The van der Waals surface area contributed by atoms with E-state index in [1.807, 2.05) is 0 Å². The van der Waals surface area contributed by atoms with Gasteiger partial charge in [-0.15, -0.1) is 0 Å². The minimum atomic E-state index is 0.878. The molecule has 1 aromatic rings. The molecule has 0 N–H and O–H groups in total. The van der Waals surface area contributed by atoms with Crippen LogP contribution in [0.3, 0.4) is 0 Å². The van der Waals surface area contributed by atoms with Crippen molar-refractivity contribution in [2.24, 2.45) is 0 Å². The summed E-state index contributed by atoms with van der Waals surface area (Å²) in [5.41, 5.74) is 0. The number of hydrogen-bond donors (Lipinski definition) is 0. The van der Waals surface area contributed by atoms with Gasteiger partial charge in [-0.1, -0.05) is 86.3 Å². The fourth-order valence-electron chi connectivity index (χ4n) is 1.77. The van der Waals surface area contributed by atoms with Gasteiger partial charge in [0.2, 0.25) is 0 Å². The number of benzene rings is 1. The minimum absolute atomic E-state index is 0.878. The molecule has 0 atom stereocenters. The Morgan fingerprint density at radius 1 is 1.06 bits per heavy atom. The van der Waals surface area contributed by atoms with E-state index < -0.39 is 0 Å². The molecule has 1 aromatic carbocycles. The summed E-state index contributed by atoms with van der Waals surface area (Å²) >= 11 is 0. The first-order valence-electron chi connectivity index (χ1n) is 6.88. The van der Waals surface area contributed by atoms with Crippen LogP contribution in [0.25, 0.3) is 0 Å². The topological polar surface area (TPSA) is 0 Å². The van der Waals surface area contributed by atoms with Crippen LogP contribution in [-0.2, 0) is 0 Å². The van der Waals surface area contributed by atoms with Crippen LogP contribution in [0.1, 0.15) is 52.4 Å².